The van der Waals surface area contributed by atoms with Gasteiger partial charge in [0.25, 0.3) is 0 Å². The van der Waals surface area contributed by atoms with Crippen LogP contribution in [0.4, 0.5) is 0 Å². The molecule has 0 aliphatic carbocycles. The molecule has 6 nitrogen and oxygen atoms in total. The molecule has 29 heavy (non-hydrogen) atoms. The number of methoxy groups -OCH3 is 1. The first-order valence-electron chi connectivity index (χ1n) is 10.3. The Labute approximate surface area is 173 Å². The fourth-order valence-corrected chi connectivity index (χ4v) is 3.44. The molecule has 1 atom stereocenters. The van der Waals surface area contributed by atoms with Crippen LogP contribution in [0.3, 0.4) is 0 Å². The van der Waals surface area contributed by atoms with Gasteiger partial charge in [-0.1, -0.05) is 24.3 Å². The van der Waals surface area contributed by atoms with E-state index in [-0.39, 0.29) is 6.61 Å². The average Bonchev–Trinajstić information content (AvgIpc) is 3.26. The van der Waals surface area contributed by atoms with Gasteiger partial charge in [0.15, 0.2) is 11.5 Å². The lowest BCUT2D eigenvalue weighted by Gasteiger charge is -2.20. The second kappa shape index (κ2) is 11.7. The monoisotopic (exact) mass is 400 g/mol. The van der Waals surface area contributed by atoms with Gasteiger partial charge in [0, 0.05) is 19.6 Å². The first kappa shape index (κ1) is 21.4. The summed E-state index contributed by atoms with van der Waals surface area (Å²) in [6.45, 7) is 5.09. The van der Waals surface area contributed by atoms with Gasteiger partial charge in [-0.05, 0) is 55.8 Å². The molecule has 2 aromatic rings. The molecular formula is C23H32N2O4. The predicted octanol–water partition coefficient (Wildman–Crippen LogP) is 2.70. The molecule has 1 heterocycles. The molecule has 158 valence electrons. The Kier molecular flexibility index (Phi) is 8.61. The number of rotatable bonds is 12. The smallest absolute Gasteiger partial charge is 0.161 e. The van der Waals surface area contributed by atoms with Crippen molar-refractivity contribution in [3.8, 4) is 17.2 Å². The van der Waals surface area contributed by atoms with Crippen LogP contribution in [0.2, 0.25) is 0 Å². The van der Waals surface area contributed by atoms with Gasteiger partial charge in [0.05, 0.1) is 7.11 Å². The van der Waals surface area contributed by atoms with Crippen LogP contribution in [-0.4, -0.2) is 62.6 Å². The lowest BCUT2D eigenvalue weighted by Crippen LogP contribution is -2.33. The maximum Gasteiger partial charge on any atom is 0.161 e. The summed E-state index contributed by atoms with van der Waals surface area (Å²) in [5, 5.41) is 13.6. The van der Waals surface area contributed by atoms with Crippen molar-refractivity contribution in [2.75, 3.05) is 46.5 Å². The number of β-amino-alcohol motifs (C(OH)–C–C–N with tert-alkyl or cyclic N) is 1. The minimum Gasteiger partial charge on any atom is -0.493 e. The second-order valence-corrected chi connectivity index (χ2v) is 7.30. The van der Waals surface area contributed by atoms with Crippen LogP contribution in [0.15, 0.2) is 48.5 Å². The predicted molar refractivity (Wildman–Crippen MR) is 114 cm³/mol. The zero-order chi connectivity index (χ0) is 20.3. The van der Waals surface area contributed by atoms with Crippen LogP contribution < -0.4 is 19.5 Å². The highest BCUT2D eigenvalue weighted by molar-refractivity contribution is 5.43. The van der Waals surface area contributed by atoms with Crippen molar-refractivity contribution in [2.24, 2.45) is 0 Å². The lowest BCUT2D eigenvalue weighted by atomic mass is 10.2. The van der Waals surface area contributed by atoms with Crippen molar-refractivity contribution in [3.05, 3.63) is 54.1 Å². The number of nitrogens with one attached hydrogen (secondary N) is 1. The normalized spacial score (nSPS) is 15.2. The van der Waals surface area contributed by atoms with Crippen LogP contribution in [0.25, 0.3) is 0 Å². The molecule has 1 fully saturated rings. The van der Waals surface area contributed by atoms with Gasteiger partial charge in [0.2, 0.25) is 0 Å². The van der Waals surface area contributed by atoms with Crippen LogP contribution in [-0.2, 0) is 6.54 Å². The number of para-hydroxylation sites is 1. The Morgan fingerprint density at radius 1 is 1.03 bits per heavy atom. The van der Waals surface area contributed by atoms with E-state index in [1.807, 2.05) is 48.5 Å². The fraction of sp³-hybridized carbons (Fsp3) is 0.478. The summed E-state index contributed by atoms with van der Waals surface area (Å²) in [5.41, 5.74) is 1.09. The van der Waals surface area contributed by atoms with Gasteiger partial charge in [-0.3, -0.25) is 0 Å². The molecule has 1 saturated heterocycles. The van der Waals surface area contributed by atoms with E-state index < -0.39 is 6.10 Å². The number of aliphatic hydroxyl groups excluding tert-OH is 1. The van der Waals surface area contributed by atoms with E-state index in [0.29, 0.717) is 31.2 Å². The van der Waals surface area contributed by atoms with E-state index in [4.69, 9.17) is 14.2 Å². The molecule has 0 saturated carbocycles. The van der Waals surface area contributed by atoms with Gasteiger partial charge in [-0.15, -0.1) is 0 Å². The summed E-state index contributed by atoms with van der Waals surface area (Å²) in [7, 11) is 1.63. The molecule has 0 bridgehead atoms. The second-order valence-electron chi connectivity index (χ2n) is 7.30. The zero-order valence-electron chi connectivity index (χ0n) is 17.2. The Bertz CT molecular complexity index is 720. The van der Waals surface area contributed by atoms with Crippen LogP contribution in [0, 0.1) is 0 Å². The average molecular weight is 401 g/mol. The van der Waals surface area contributed by atoms with Gasteiger partial charge in [-0.2, -0.15) is 0 Å². The minimum absolute atomic E-state index is 0.259. The van der Waals surface area contributed by atoms with E-state index in [0.717, 1.165) is 30.9 Å². The Morgan fingerprint density at radius 2 is 1.83 bits per heavy atom. The van der Waals surface area contributed by atoms with E-state index in [1.54, 1.807) is 7.11 Å². The maximum atomic E-state index is 10.3. The van der Waals surface area contributed by atoms with E-state index in [2.05, 4.69) is 10.2 Å². The molecule has 0 spiro atoms. The van der Waals surface area contributed by atoms with Gasteiger partial charge < -0.3 is 29.5 Å². The molecule has 2 aromatic carbocycles. The third-order valence-corrected chi connectivity index (χ3v) is 4.95. The van der Waals surface area contributed by atoms with Gasteiger partial charge >= 0.3 is 0 Å². The maximum absolute atomic E-state index is 10.3. The number of nitrogens with zero attached hydrogens (tertiary/aromatic N) is 1. The number of hydrogen-bond acceptors (Lipinski definition) is 6. The highest BCUT2D eigenvalue weighted by atomic mass is 16.5. The first-order chi connectivity index (χ1) is 14.2. The zero-order valence-corrected chi connectivity index (χ0v) is 17.2. The van der Waals surface area contributed by atoms with Gasteiger partial charge in [-0.25, -0.2) is 0 Å². The van der Waals surface area contributed by atoms with E-state index in [9.17, 15) is 5.11 Å². The van der Waals surface area contributed by atoms with Crippen LogP contribution >= 0.6 is 0 Å². The SMILES string of the molecule is COc1ccc(CNCCOc2ccccc2)cc1OC[C@@H](O)CN1CCCC1. The highest BCUT2D eigenvalue weighted by Gasteiger charge is 2.17. The molecule has 2 N–H and O–H groups in total. The minimum atomic E-state index is -0.505. The van der Waals surface area contributed by atoms with Gasteiger partial charge in [0.1, 0.15) is 25.1 Å². The fourth-order valence-electron chi connectivity index (χ4n) is 3.44. The van der Waals surface area contributed by atoms with E-state index in [1.165, 1.54) is 12.8 Å². The molecule has 1 aliphatic heterocycles. The topological polar surface area (TPSA) is 63.2 Å². The molecule has 0 unspecified atom stereocenters. The van der Waals surface area contributed by atoms with Crippen molar-refractivity contribution >= 4 is 0 Å². The molecule has 0 radical (unpaired) electrons. The molecule has 1 aliphatic rings. The summed E-state index contributed by atoms with van der Waals surface area (Å²) in [6.07, 6.45) is 1.93. The Morgan fingerprint density at radius 3 is 2.59 bits per heavy atom. The molecule has 6 heteroatoms. The van der Waals surface area contributed by atoms with Crippen LogP contribution in [0.1, 0.15) is 18.4 Å². The van der Waals surface area contributed by atoms with Crippen molar-refractivity contribution in [1.82, 2.24) is 10.2 Å². The first-order valence-corrected chi connectivity index (χ1v) is 10.3. The van der Waals surface area contributed by atoms with Crippen molar-refractivity contribution in [2.45, 2.75) is 25.5 Å². The summed E-state index contributed by atoms with van der Waals surface area (Å²) in [6, 6.07) is 15.7. The highest BCUT2D eigenvalue weighted by Crippen LogP contribution is 2.28. The third-order valence-electron chi connectivity index (χ3n) is 4.95. The quantitative estimate of drug-likeness (QED) is 0.534. The molecule has 3 rings (SSSR count). The number of aliphatic hydroxyl groups is 1. The molecule has 0 aromatic heterocycles. The van der Waals surface area contributed by atoms with E-state index >= 15 is 0 Å². The summed E-state index contributed by atoms with van der Waals surface area (Å²) in [5.74, 6) is 2.21. The number of ether oxygens (including phenoxy) is 3. The summed E-state index contributed by atoms with van der Waals surface area (Å²) < 4.78 is 17.0. The lowest BCUT2D eigenvalue weighted by molar-refractivity contribution is 0.0746. The third kappa shape index (κ3) is 7.24. The summed E-state index contributed by atoms with van der Waals surface area (Å²) >= 11 is 0. The van der Waals surface area contributed by atoms with Crippen molar-refractivity contribution in [1.29, 1.82) is 0 Å². The number of benzene rings is 2. The molecular weight excluding hydrogens is 368 g/mol. The standard InChI is InChI=1S/C23H32N2O4/c1-27-22-10-9-19(16-24-11-14-28-21-7-3-2-4-8-21)15-23(22)29-18-20(26)17-25-12-5-6-13-25/h2-4,7-10,15,20,24,26H,5-6,11-14,16-18H2,1H3/t20-/m0/s1. The van der Waals surface area contributed by atoms with Crippen molar-refractivity contribution in [3.63, 3.8) is 0 Å². The molecule has 0 amide bonds. The van der Waals surface area contributed by atoms with Crippen molar-refractivity contribution < 1.29 is 19.3 Å². The number of likely N-dealkylation sites (tertiary alicyclic amines) is 1. The Balaban J connectivity index is 1.42. The summed E-state index contributed by atoms with van der Waals surface area (Å²) in [4.78, 5) is 2.28. The number of hydrogen-bond donors (Lipinski definition) is 2. The largest absolute Gasteiger partial charge is 0.493 e. The van der Waals surface area contributed by atoms with Crippen LogP contribution in [0.5, 0.6) is 17.2 Å². The Hall–Kier alpha value is -2.28.